The van der Waals surface area contributed by atoms with Crippen LogP contribution in [0.25, 0.3) is 0 Å². The van der Waals surface area contributed by atoms with Gasteiger partial charge in [-0.1, -0.05) is 64.8 Å². The molecular weight excluding hydrogens is 304 g/mol. The van der Waals surface area contributed by atoms with Crippen LogP contribution < -0.4 is 4.74 Å². The van der Waals surface area contributed by atoms with Crippen LogP contribution in [-0.4, -0.2) is 0 Å². The second-order valence-corrected chi connectivity index (χ2v) is 7.45. The molecule has 0 unspecified atom stereocenters. The van der Waals surface area contributed by atoms with Crippen LogP contribution in [0.2, 0.25) is 0 Å². The summed E-state index contributed by atoms with van der Waals surface area (Å²) in [6, 6.07) is 12.9. The van der Waals surface area contributed by atoms with Crippen LogP contribution in [0.5, 0.6) is 11.5 Å². The van der Waals surface area contributed by atoms with E-state index in [1.54, 1.807) is 0 Å². The predicted molar refractivity (Wildman–Crippen MR) is 109 cm³/mol. The van der Waals surface area contributed by atoms with Crippen molar-refractivity contribution in [3.05, 3.63) is 58.7 Å². The van der Waals surface area contributed by atoms with Gasteiger partial charge in [-0.2, -0.15) is 0 Å². The first-order chi connectivity index (χ1) is 12.0. The van der Waals surface area contributed by atoms with Gasteiger partial charge in [0, 0.05) is 11.1 Å². The second kappa shape index (κ2) is 9.08. The molecule has 1 heteroatoms. The average Bonchev–Trinajstić information content (AvgIpc) is 2.55. The highest BCUT2D eigenvalue weighted by molar-refractivity contribution is 5.48. The zero-order chi connectivity index (χ0) is 18.4. The SMILES string of the molecule is CCC[C@@H](C)c1c(C)cccc1Oc1cccc(C)c1[C@H](C)CCC. The predicted octanol–water partition coefficient (Wildman–Crippen LogP) is 7.90. The summed E-state index contributed by atoms with van der Waals surface area (Å²) in [6.07, 6.45) is 4.76. The van der Waals surface area contributed by atoms with E-state index in [9.17, 15) is 0 Å². The summed E-state index contributed by atoms with van der Waals surface area (Å²) >= 11 is 0. The fraction of sp³-hybridized carbons (Fsp3) is 0.500. The first-order valence-electron chi connectivity index (χ1n) is 9.86. The van der Waals surface area contributed by atoms with Crippen LogP contribution in [0, 0.1) is 13.8 Å². The molecule has 0 aromatic heterocycles. The van der Waals surface area contributed by atoms with E-state index in [4.69, 9.17) is 4.74 Å². The normalized spacial score (nSPS) is 13.5. The van der Waals surface area contributed by atoms with Gasteiger partial charge in [0.2, 0.25) is 0 Å². The fourth-order valence-corrected chi connectivity index (χ4v) is 4.02. The summed E-state index contributed by atoms with van der Waals surface area (Å²) in [4.78, 5) is 0. The number of hydrogen-bond acceptors (Lipinski definition) is 1. The molecule has 0 saturated heterocycles. The van der Waals surface area contributed by atoms with Crippen molar-refractivity contribution in [3.63, 3.8) is 0 Å². The molecule has 0 saturated carbocycles. The van der Waals surface area contributed by atoms with E-state index >= 15 is 0 Å². The van der Waals surface area contributed by atoms with Gasteiger partial charge in [0.25, 0.3) is 0 Å². The fourth-order valence-electron chi connectivity index (χ4n) is 4.02. The molecule has 0 heterocycles. The third-order valence-electron chi connectivity index (χ3n) is 5.22. The maximum Gasteiger partial charge on any atom is 0.131 e. The van der Waals surface area contributed by atoms with Crippen LogP contribution in [0.15, 0.2) is 36.4 Å². The number of benzene rings is 2. The van der Waals surface area contributed by atoms with Gasteiger partial charge in [-0.25, -0.2) is 0 Å². The third-order valence-corrected chi connectivity index (χ3v) is 5.22. The molecular formula is C24H34O. The largest absolute Gasteiger partial charge is 0.457 e. The Morgan fingerprint density at radius 1 is 0.720 bits per heavy atom. The van der Waals surface area contributed by atoms with Crippen molar-refractivity contribution in [3.8, 4) is 11.5 Å². The number of hydrogen-bond donors (Lipinski definition) is 0. The van der Waals surface area contributed by atoms with Crippen molar-refractivity contribution < 1.29 is 4.74 Å². The van der Waals surface area contributed by atoms with Crippen molar-refractivity contribution >= 4 is 0 Å². The van der Waals surface area contributed by atoms with Crippen molar-refractivity contribution in [1.29, 1.82) is 0 Å². The average molecular weight is 339 g/mol. The lowest BCUT2D eigenvalue weighted by molar-refractivity contribution is 0.455. The molecule has 2 rings (SSSR count). The number of aryl methyl sites for hydroxylation is 2. The van der Waals surface area contributed by atoms with E-state index in [2.05, 4.69) is 77.9 Å². The van der Waals surface area contributed by atoms with E-state index < -0.39 is 0 Å². The lowest BCUT2D eigenvalue weighted by Gasteiger charge is -2.22. The zero-order valence-electron chi connectivity index (χ0n) is 16.9. The first kappa shape index (κ1) is 19.6. The monoisotopic (exact) mass is 338 g/mol. The minimum Gasteiger partial charge on any atom is -0.457 e. The molecule has 0 spiro atoms. The van der Waals surface area contributed by atoms with E-state index in [1.807, 2.05) is 0 Å². The van der Waals surface area contributed by atoms with Gasteiger partial charge in [-0.05, 0) is 61.8 Å². The van der Waals surface area contributed by atoms with Gasteiger partial charge in [-0.15, -0.1) is 0 Å². The van der Waals surface area contributed by atoms with Gasteiger partial charge < -0.3 is 4.74 Å². The standard InChI is InChI=1S/C24H34O/c1-7-11-17(3)23-19(5)13-9-15-21(23)25-22-16-10-14-20(6)24(22)18(4)12-8-2/h9-10,13-18H,7-8,11-12H2,1-6H3/t17-,18-/m1/s1. The highest BCUT2D eigenvalue weighted by Crippen LogP contribution is 2.39. The molecule has 2 aromatic rings. The Labute approximate surface area is 154 Å². The highest BCUT2D eigenvalue weighted by Gasteiger charge is 2.18. The summed E-state index contributed by atoms with van der Waals surface area (Å²) < 4.78 is 6.54. The topological polar surface area (TPSA) is 9.23 Å². The van der Waals surface area contributed by atoms with Crippen LogP contribution >= 0.6 is 0 Å². The van der Waals surface area contributed by atoms with Gasteiger partial charge in [0.1, 0.15) is 11.5 Å². The van der Waals surface area contributed by atoms with Gasteiger partial charge in [0.05, 0.1) is 0 Å². The molecule has 0 radical (unpaired) electrons. The second-order valence-electron chi connectivity index (χ2n) is 7.45. The maximum absolute atomic E-state index is 6.54. The van der Waals surface area contributed by atoms with Gasteiger partial charge in [-0.3, -0.25) is 0 Å². The molecule has 0 N–H and O–H groups in total. The maximum atomic E-state index is 6.54. The van der Waals surface area contributed by atoms with E-state index in [-0.39, 0.29) is 0 Å². The zero-order valence-corrected chi connectivity index (χ0v) is 16.9. The molecule has 2 atom stereocenters. The Morgan fingerprint density at radius 3 is 1.48 bits per heavy atom. The Hall–Kier alpha value is -1.76. The first-order valence-corrected chi connectivity index (χ1v) is 9.86. The number of ether oxygens (including phenoxy) is 1. The lowest BCUT2D eigenvalue weighted by Crippen LogP contribution is -2.03. The molecule has 0 aliphatic rings. The van der Waals surface area contributed by atoms with Gasteiger partial charge in [0.15, 0.2) is 0 Å². The summed E-state index contributed by atoms with van der Waals surface area (Å²) in [6.45, 7) is 13.5. The number of rotatable bonds is 8. The van der Waals surface area contributed by atoms with E-state index in [1.165, 1.54) is 47.9 Å². The molecule has 0 bridgehead atoms. The minimum absolute atomic E-state index is 0.516. The lowest BCUT2D eigenvalue weighted by atomic mass is 9.91. The third kappa shape index (κ3) is 4.66. The van der Waals surface area contributed by atoms with Crippen LogP contribution in [0.3, 0.4) is 0 Å². The quantitative estimate of drug-likeness (QED) is 0.475. The minimum atomic E-state index is 0.516. The van der Waals surface area contributed by atoms with Crippen molar-refractivity contribution in [2.45, 2.75) is 79.1 Å². The summed E-state index contributed by atoms with van der Waals surface area (Å²) in [5, 5.41) is 0. The molecule has 0 aliphatic carbocycles. The summed E-state index contributed by atoms with van der Waals surface area (Å²) in [5.74, 6) is 3.08. The van der Waals surface area contributed by atoms with Crippen molar-refractivity contribution in [2.24, 2.45) is 0 Å². The molecule has 136 valence electrons. The molecule has 0 fully saturated rings. The van der Waals surface area contributed by atoms with E-state index in [0.717, 1.165) is 11.5 Å². The van der Waals surface area contributed by atoms with Crippen molar-refractivity contribution in [2.75, 3.05) is 0 Å². The van der Waals surface area contributed by atoms with Crippen LogP contribution in [0.1, 0.15) is 87.5 Å². The molecule has 25 heavy (non-hydrogen) atoms. The van der Waals surface area contributed by atoms with Crippen LogP contribution in [-0.2, 0) is 0 Å². The Bertz CT molecular complexity index is 627. The molecule has 0 amide bonds. The Kier molecular flexibility index (Phi) is 7.11. The molecule has 1 nitrogen and oxygen atoms in total. The molecule has 2 aromatic carbocycles. The Balaban J connectivity index is 2.44. The smallest absolute Gasteiger partial charge is 0.131 e. The van der Waals surface area contributed by atoms with Crippen molar-refractivity contribution in [1.82, 2.24) is 0 Å². The van der Waals surface area contributed by atoms with E-state index in [0.29, 0.717) is 11.8 Å². The molecule has 0 aliphatic heterocycles. The summed E-state index contributed by atoms with van der Waals surface area (Å²) in [5.41, 5.74) is 5.38. The van der Waals surface area contributed by atoms with Crippen LogP contribution in [0.4, 0.5) is 0 Å². The summed E-state index contributed by atoms with van der Waals surface area (Å²) in [7, 11) is 0. The van der Waals surface area contributed by atoms with Gasteiger partial charge >= 0.3 is 0 Å². The highest BCUT2D eigenvalue weighted by atomic mass is 16.5. The Morgan fingerprint density at radius 2 is 1.12 bits per heavy atom.